The van der Waals surface area contributed by atoms with Gasteiger partial charge in [-0.3, -0.25) is 0 Å². The summed E-state index contributed by atoms with van der Waals surface area (Å²) >= 11 is 3.59. The van der Waals surface area contributed by atoms with Crippen molar-refractivity contribution in [1.29, 1.82) is 0 Å². The molecule has 0 atom stereocenters. The molecule has 1 N–H and O–H groups in total. The number of H-pyrrole nitrogens is 1. The minimum absolute atomic E-state index is 0.113. The Morgan fingerprint density at radius 3 is 2.42 bits per heavy atom. The first-order valence-electron chi connectivity index (χ1n) is 8.57. The molecule has 0 aliphatic carbocycles. The number of aromatic nitrogens is 1. The molecule has 0 amide bonds. The molecule has 1 heterocycles. The Morgan fingerprint density at radius 1 is 0.923 bits per heavy atom. The van der Waals surface area contributed by atoms with Gasteiger partial charge in [0.05, 0.1) is 0 Å². The van der Waals surface area contributed by atoms with Crippen molar-refractivity contribution in [3.8, 4) is 11.1 Å². The normalized spacial score (nSPS) is 12.0. The quantitative estimate of drug-likeness (QED) is 0.345. The summed E-state index contributed by atoms with van der Waals surface area (Å²) in [7, 11) is 0. The molecule has 1 aromatic heterocycles. The highest BCUT2D eigenvalue weighted by molar-refractivity contribution is 9.10. The van der Waals surface area contributed by atoms with Crippen molar-refractivity contribution in [1.82, 2.24) is 4.98 Å². The zero-order valence-electron chi connectivity index (χ0n) is 14.9. The minimum Gasteiger partial charge on any atom is -0.357 e. The zero-order valence-corrected chi connectivity index (χ0v) is 16.5. The fourth-order valence-electron chi connectivity index (χ4n) is 3.59. The number of hydrogen-bond acceptors (Lipinski definition) is 2. The number of nitrogens with zero attached hydrogens (tertiary/aromatic N) is 1. The lowest BCUT2D eigenvalue weighted by Gasteiger charge is -2.21. The molecule has 0 saturated heterocycles. The number of hydrogen-bond donors (Lipinski definition) is 1. The molecule has 0 radical (unpaired) electrons. The Morgan fingerprint density at radius 2 is 1.69 bits per heavy atom. The molecule has 4 aromatic rings. The number of nitrogens with one attached hydrogen (secondary N) is 1. The second kappa shape index (κ2) is 6.06. The third-order valence-corrected chi connectivity index (χ3v) is 5.26. The Bertz CT molecular complexity index is 1150. The van der Waals surface area contributed by atoms with E-state index < -0.39 is 0 Å². The number of rotatable bonds is 2. The van der Waals surface area contributed by atoms with Gasteiger partial charge >= 0.3 is 0 Å². The lowest BCUT2D eigenvalue weighted by Crippen LogP contribution is -2.13. The fraction of sp³-hybridized carbons (Fsp3) is 0.182. The lowest BCUT2D eigenvalue weighted by molar-refractivity contribution is 0.576. The van der Waals surface area contributed by atoms with E-state index in [2.05, 4.69) is 71.1 Å². The Hall–Kier alpha value is -2.46. The average Bonchev–Trinajstić information content (AvgIpc) is 2.99. The molecule has 3 nitrogen and oxygen atoms in total. The molecule has 4 rings (SSSR count). The van der Waals surface area contributed by atoms with E-state index in [1.807, 2.05) is 30.3 Å². The van der Waals surface area contributed by atoms with E-state index in [0.717, 1.165) is 43.0 Å². The Balaban J connectivity index is 2.24. The van der Waals surface area contributed by atoms with Gasteiger partial charge in [-0.25, -0.2) is 0 Å². The van der Waals surface area contributed by atoms with E-state index in [1.165, 1.54) is 0 Å². The molecule has 0 unspecified atom stereocenters. The number of aromatic amines is 1. The average molecular weight is 407 g/mol. The van der Waals surface area contributed by atoms with Gasteiger partial charge in [-0.2, -0.15) is 0 Å². The summed E-state index contributed by atoms with van der Waals surface area (Å²) in [6.45, 7) is 6.53. The minimum atomic E-state index is -0.113. The Labute approximate surface area is 160 Å². The number of benzene rings is 3. The van der Waals surface area contributed by atoms with Gasteiger partial charge in [0.25, 0.3) is 0 Å². The first-order chi connectivity index (χ1) is 12.4. The molecule has 0 aliphatic rings. The second-order valence-electron chi connectivity index (χ2n) is 7.59. The maximum Gasteiger partial charge on any atom is 0.116 e. The maximum absolute atomic E-state index is 11.7. The van der Waals surface area contributed by atoms with Crippen molar-refractivity contribution in [2.45, 2.75) is 26.2 Å². The van der Waals surface area contributed by atoms with Crippen LogP contribution >= 0.6 is 15.9 Å². The predicted octanol–water partition coefficient (Wildman–Crippen LogP) is 7.45. The monoisotopic (exact) mass is 406 g/mol. The third-order valence-electron chi connectivity index (χ3n) is 4.77. The van der Waals surface area contributed by atoms with Gasteiger partial charge in [-0.1, -0.05) is 67.0 Å². The first-order valence-corrected chi connectivity index (χ1v) is 9.36. The van der Waals surface area contributed by atoms with E-state index in [0.29, 0.717) is 5.69 Å². The summed E-state index contributed by atoms with van der Waals surface area (Å²) in [6.07, 6.45) is 0. The molecule has 3 aromatic carbocycles. The van der Waals surface area contributed by atoms with Crippen molar-refractivity contribution in [3.63, 3.8) is 0 Å². The van der Waals surface area contributed by atoms with Crippen molar-refractivity contribution in [2.75, 3.05) is 0 Å². The Kier molecular flexibility index (Phi) is 3.96. The zero-order chi connectivity index (χ0) is 18.5. The van der Waals surface area contributed by atoms with Crippen LogP contribution in [0.1, 0.15) is 26.5 Å². The van der Waals surface area contributed by atoms with Gasteiger partial charge in [0, 0.05) is 37.6 Å². The van der Waals surface area contributed by atoms with Crippen molar-refractivity contribution in [2.24, 2.45) is 5.18 Å². The van der Waals surface area contributed by atoms with Gasteiger partial charge in [-0.05, 0) is 40.2 Å². The molecule has 0 fully saturated rings. The molecular formula is C22H19BrN2O. The molecule has 0 saturated carbocycles. The van der Waals surface area contributed by atoms with Crippen LogP contribution in [-0.4, -0.2) is 4.98 Å². The van der Waals surface area contributed by atoms with E-state index in [4.69, 9.17) is 0 Å². The van der Waals surface area contributed by atoms with Crippen LogP contribution < -0.4 is 0 Å². The van der Waals surface area contributed by atoms with Gasteiger partial charge in [0.2, 0.25) is 0 Å². The van der Waals surface area contributed by atoms with Crippen molar-refractivity contribution < 1.29 is 0 Å². The van der Waals surface area contributed by atoms with Crippen LogP contribution in [0.5, 0.6) is 0 Å². The third kappa shape index (κ3) is 2.65. The number of fused-ring (bicyclic) bond motifs is 2. The van der Waals surface area contributed by atoms with Crippen LogP contribution in [0.4, 0.5) is 5.69 Å². The van der Waals surface area contributed by atoms with E-state index in [9.17, 15) is 4.91 Å². The number of nitroso groups, excluding NO2 is 1. The van der Waals surface area contributed by atoms with Crippen LogP contribution in [0.15, 0.2) is 64.2 Å². The summed E-state index contributed by atoms with van der Waals surface area (Å²) < 4.78 is 1.01. The van der Waals surface area contributed by atoms with Crippen LogP contribution in [0.3, 0.4) is 0 Å². The largest absolute Gasteiger partial charge is 0.357 e. The maximum atomic E-state index is 11.7. The summed E-state index contributed by atoms with van der Waals surface area (Å²) in [4.78, 5) is 15.2. The van der Waals surface area contributed by atoms with E-state index >= 15 is 0 Å². The fourth-order valence-corrected chi connectivity index (χ4v) is 3.95. The molecular weight excluding hydrogens is 388 g/mol. The summed E-state index contributed by atoms with van der Waals surface area (Å²) in [5.74, 6) is 0. The van der Waals surface area contributed by atoms with Crippen molar-refractivity contribution >= 4 is 43.3 Å². The first kappa shape index (κ1) is 17.0. The smallest absolute Gasteiger partial charge is 0.116 e. The molecule has 4 heteroatoms. The lowest BCUT2D eigenvalue weighted by atomic mass is 9.84. The predicted molar refractivity (Wildman–Crippen MR) is 113 cm³/mol. The van der Waals surface area contributed by atoms with Gasteiger partial charge < -0.3 is 4.98 Å². The second-order valence-corrected chi connectivity index (χ2v) is 8.50. The molecule has 0 spiro atoms. The van der Waals surface area contributed by atoms with Crippen molar-refractivity contribution in [3.05, 3.63) is 69.7 Å². The van der Waals surface area contributed by atoms with Crippen LogP contribution in [0.25, 0.3) is 32.8 Å². The summed E-state index contributed by atoms with van der Waals surface area (Å²) in [6, 6.07) is 18.1. The number of halogens is 1. The van der Waals surface area contributed by atoms with Gasteiger partial charge in [0.15, 0.2) is 0 Å². The highest BCUT2D eigenvalue weighted by Gasteiger charge is 2.26. The standard InChI is InChI=1S/C22H19BrN2O/c1-22(2,3)21-20(16-12-14(23)9-11-17(16)24-21)19-15-7-5-4-6-13(15)8-10-18(19)25-26/h4-12,24H,1-3H3. The molecule has 0 bridgehead atoms. The van der Waals surface area contributed by atoms with E-state index in [1.54, 1.807) is 0 Å². The summed E-state index contributed by atoms with van der Waals surface area (Å²) in [5, 5.41) is 6.58. The van der Waals surface area contributed by atoms with E-state index in [-0.39, 0.29) is 5.41 Å². The topological polar surface area (TPSA) is 45.2 Å². The molecule has 130 valence electrons. The van der Waals surface area contributed by atoms with Gasteiger partial charge in [0.1, 0.15) is 5.69 Å². The molecule has 26 heavy (non-hydrogen) atoms. The SMILES string of the molecule is CC(C)(C)c1[nH]c2ccc(Br)cc2c1-c1c(N=O)ccc2ccccc12. The van der Waals surface area contributed by atoms with Crippen LogP contribution in [-0.2, 0) is 5.41 Å². The highest BCUT2D eigenvalue weighted by Crippen LogP contribution is 2.46. The van der Waals surface area contributed by atoms with Crippen LogP contribution in [0, 0.1) is 4.91 Å². The highest BCUT2D eigenvalue weighted by atomic mass is 79.9. The molecule has 0 aliphatic heterocycles. The van der Waals surface area contributed by atoms with Crippen LogP contribution in [0.2, 0.25) is 0 Å². The van der Waals surface area contributed by atoms with Gasteiger partial charge in [-0.15, -0.1) is 4.91 Å². The summed E-state index contributed by atoms with van der Waals surface area (Å²) in [5.41, 5.74) is 4.46.